The summed E-state index contributed by atoms with van der Waals surface area (Å²) < 4.78 is 16.8. The fraction of sp³-hybridized carbons (Fsp3) is 0.783. The summed E-state index contributed by atoms with van der Waals surface area (Å²) >= 11 is 0. The Morgan fingerprint density at radius 3 is 0.909 bits per heavy atom. The summed E-state index contributed by atoms with van der Waals surface area (Å²) in [4.78, 5) is 38.1. The molecule has 0 aliphatic rings. The summed E-state index contributed by atoms with van der Waals surface area (Å²) in [6.07, 6.45) is 67.7. The number of hydrogen-bond donors (Lipinski definition) is 0. The number of allylic oxidation sites excluding steroid dienone is 10. The van der Waals surface area contributed by atoms with Gasteiger partial charge in [0.25, 0.3) is 0 Å². The molecule has 0 heterocycles. The van der Waals surface area contributed by atoms with E-state index in [1.165, 1.54) is 161 Å². The zero-order valence-corrected chi connectivity index (χ0v) is 43.7. The first-order chi connectivity index (χ1) is 32.5. The Labute approximate surface area is 409 Å². The van der Waals surface area contributed by atoms with Crippen LogP contribution in [0.5, 0.6) is 0 Å². The molecule has 0 saturated carbocycles. The lowest BCUT2D eigenvalue weighted by Crippen LogP contribution is -2.30. The molecule has 0 aromatic rings. The second-order valence-electron chi connectivity index (χ2n) is 18.8. The van der Waals surface area contributed by atoms with Crippen LogP contribution in [0.1, 0.15) is 284 Å². The van der Waals surface area contributed by atoms with Crippen molar-refractivity contribution < 1.29 is 28.6 Å². The zero-order chi connectivity index (χ0) is 47.9. The summed E-state index contributed by atoms with van der Waals surface area (Å²) in [5.74, 6) is -0.911. The predicted octanol–water partition coefficient (Wildman–Crippen LogP) is 18.8. The summed E-state index contributed by atoms with van der Waals surface area (Å²) in [6.45, 7) is 6.59. The molecule has 0 aromatic heterocycles. The molecule has 382 valence electrons. The van der Waals surface area contributed by atoms with Gasteiger partial charge < -0.3 is 14.2 Å². The fourth-order valence-electron chi connectivity index (χ4n) is 7.95. The molecule has 0 amide bonds. The highest BCUT2D eigenvalue weighted by atomic mass is 16.6. The molecule has 0 rings (SSSR count). The molecule has 0 aliphatic heterocycles. The van der Waals surface area contributed by atoms with Crippen LogP contribution in [-0.2, 0) is 28.6 Å². The molecule has 1 atom stereocenters. The summed E-state index contributed by atoms with van der Waals surface area (Å²) in [7, 11) is 0. The van der Waals surface area contributed by atoms with Crippen molar-refractivity contribution in [3.63, 3.8) is 0 Å². The Kier molecular flexibility index (Phi) is 52.3. The van der Waals surface area contributed by atoms with Gasteiger partial charge in [-0.05, 0) is 89.9 Å². The van der Waals surface area contributed by atoms with Crippen LogP contribution in [0.15, 0.2) is 60.8 Å². The van der Waals surface area contributed by atoms with Gasteiger partial charge in [0.1, 0.15) is 13.2 Å². The van der Waals surface area contributed by atoms with Crippen molar-refractivity contribution in [2.45, 2.75) is 290 Å². The molecule has 0 spiro atoms. The van der Waals surface area contributed by atoms with Gasteiger partial charge >= 0.3 is 17.9 Å². The SMILES string of the molecule is CCCCC/C=C\C/C=C\C/C=C\C/C=C\CCCCCC(=O)OC[C@H](COC(=O)CCCCCCCCCCCCCC)OC(=O)CCCCCCCCC/C=C\CCCCCCCC. The topological polar surface area (TPSA) is 78.9 Å². The monoisotopic (exact) mass is 923 g/mol. The van der Waals surface area contributed by atoms with Crippen LogP contribution in [0.25, 0.3) is 0 Å². The lowest BCUT2D eigenvalue weighted by Gasteiger charge is -2.18. The third-order valence-corrected chi connectivity index (χ3v) is 12.2. The van der Waals surface area contributed by atoms with Gasteiger partial charge in [0.2, 0.25) is 0 Å². The van der Waals surface area contributed by atoms with Crippen molar-refractivity contribution in [2.75, 3.05) is 13.2 Å². The third-order valence-electron chi connectivity index (χ3n) is 12.2. The van der Waals surface area contributed by atoms with Crippen LogP contribution in [-0.4, -0.2) is 37.2 Å². The van der Waals surface area contributed by atoms with Crippen LogP contribution < -0.4 is 0 Å². The predicted molar refractivity (Wildman–Crippen MR) is 284 cm³/mol. The van der Waals surface area contributed by atoms with E-state index < -0.39 is 6.10 Å². The van der Waals surface area contributed by atoms with E-state index in [-0.39, 0.29) is 31.1 Å². The van der Waals surface area contributed by atoms with E-state index in [9.17, 15) is 14.4 Å². The maximum absolute atomic E-state index is 12.8. The van der Waals surface area contributed by atoms with Crippen molar-refractivity contribution >= 4 is 17.9 Å². The Bertz CT molecular complexity index is 1200. The Morgan fingerprint density at radius 2 is 0.545 bits per heavy atom. The van der Waals surface area contributed by atoms with E-state index >= 15 is 0 Å². The molecular weight excluding hydrogens is 817 g/mol. The smallest absolute Gasteiger partial charge is 0.306 e. The number of carbonyl (C=O) groups excluding carboxylic acids is 3. The van der Waals surface area contributed by atoms with Gasteiger partial charge in [0.15, 0.2) is 6.10 Å². The summed E-state index contributed by atoms with van der Waals surface area (Å²) in [5.41, 5.74) is 0. The Hall–Kier alpha value is -2.89. The van der Waals surface area contributed by atoms with Crippen LogP contribution in [0, 0.1) is 0 Å². The molecule has 0 bridgehead atoms. The standard InChI is InChI=1S/C60H106O6/c1-4-7-10-13-16-19-22-25-27-29-30-32-33-35-38-41-44-47-50-53-59(62)65-56-57(55-64-58(61)52-49-46-43-40-37-24-21-18-15-12-9-6-3)66-60(63)54-51-48-45-42-39-36-34-31-28-26-23-20-17-14-11-8-5-2/h16,19,25-28,30,32,35,38,57H,4-15,17-18,20-24,29,31,33-34,36-37,39-56H2,1-3H3/b19-16-,27-25-,28-26-,32-30-,38-35-/t57-/m0/s1. The molecule has 66 heavy (non-hydrogen) atoms. The quantitative estimate of drug-likeness (QED) is 0.0262. The minimum absolute atomic E-state index is 0.0839. The maximum atomic E-state index is 12.8. The second kappa shape index (κ2) is 54.7. The highest BCUT2D eigenvalue weighted by molar-refractivity contribution is 5.71. The Morgan fingerprint density at radius 1 is 0.303 bits per heavy atom. The van der Waals surface area contributed by atoms with Gasteiger partial charge in [-0.1, -0.05) is 236 Å². The van der Waals surface area contributed by atoms with Gasteiger partial charge in [-0.25, -0.2) is 0 Å². The molecule has 0 unspecified atom stereocenters. The fourth-order valence-corrected chi connectivity index (χ4v) is 7.95. The zero-order valence-electron chi connectivity index (χ0n) is 43.7. The van der Waals surface area contributed by atoms with Crippen LogP contribution in [0.2, 0.25) is 0 Å². The van der Waals surface area contributed by atoms with Crippen LogP contribution in [0.3, 0.4) is 0 Å². The molecule has 0 saturated heterocycles. The number of ether oxygens (including phenoxy) is 3. The first-order valence-corrected chi connectivity index (χ1v) is 28.3. The second-order valence-corrected chi connectivity index (χ2v) is 18.8. The number of carbonyl (C=O) groups is 3. The van der Waals surface area contributed by atoms with Crippen molar-refractivity contribution in [3.8, 4) is 0 Å². The van der Waals surface area contributed by atoms with Gasteiger partial charge in [-0.15, -0.1) is 0 Å². The first kappa shape index (κ1) is 63.1. The van der Waals surface area contributed by atoms with Crippen molar-refractivity contribution in [1.29, 1.82) is 0 Å². The van der Waals surface area contributed by atoms with E-state index in [0.29, 0.717) is 19.3 Å². The first-order valence-electron chi connectivity index (χ1n) is 28.3. The van der Waals surface area contributed by atoms with Gasteiger partial charge in [0.05, 0.1) is 0 Å². The van der Waals surface area contributed by atoms with E-state index in [1.807, 2.05) is 0 Å². The minimum Gasteiger partial charge on any atom is -0.462 e. The van der Waals surface area contributed by atoms with Crippen LogP contribution in [0.4, 0.5) is 0 Å². The highest BCUT2D eigenvalue weighted by Crippen LogP contribution is 2.15. The minimum atomic E-state index is -0.787. The van der Waals surface area contributed by atoms with E-state index in [4.69, 9.17) is 14.2 Å². The number of rotatable bonds is 51. The molecule has 6 heteroatoms. The Balaban J connectivity index is 4.41. The van der Waals surface area contributed by atoms with Crippen LogP contribution >= 0.6 is 0 Å². The lowest BCUT2D eigenvalue weighted by atomic mass is 10.0. The van der Waals surface area contributed by atoms with Gasteiger partial charge in [-0.3, -0.25) is 14.4 Å². The molecule has 0 aromatic carbocycles. The van der Waals surface area contributed by atoms with Crippen molar-refractivity contribution in [1.82, 2.24) is 0 Å². The lowest BCUT2D eigenvalue weighted by molar-refractivity contribution is -0.167. The van der Waals surface area contributed by atoms with E-state index in [0.717, 1.165) is 83.5 Å². The highest BCUT2D eigenvalue weighted by Gasteiger charge is 2.19. The maximum Gasteiger partial charge on any atom is 0.306 e. The molecule has 6 nitrogen and oxygen atoms in total. The van der Waals surface area contributed by atoms with Gasteiger partial charge in [0, 0.05) is 19.3 Å². The molecule has 0 aliphatic carbocycles. The summed E-state index contributed by atoms with van der Waals surface area (Å²) in [6, 6.07) is 0. The average molecular weight is 924 g/mol. The molecule has 0 N–H and O–H groups in total. The van der Waals surface area contributed by atoms with Gasteiger partial charge in [-0.2, -0.15) is 0 Å². The molecule has 0 fully saturated rings. The average Bonchev–Trinajstić information content (AvgIpc) is 3.31. The normalized spacial score (nSPS) is 12.5. The number of unbranched alkanes of at least 4 members (excludes halogenated alkanes) is 30. The molecular formula is C60H106O6. The van der Waals surface area contributed by atoms with E-state index in [1.54, 1.807) is 0 Å². The number of esters is 3. The van der Waals surface area contributed by atoms with E-state index in [2.05, 4.69) is 81.5 Å². The van der Waals surface area contributed by atoms with Crippen molar-refractivity contribution in [3.05, 3.63) is 60.8 Å². The molecule has 0 radical (unpaired) electrons. The van der Waals surface area contributed by atoms with Crippen molar-refractivity contribution in [2.24, 2.45) is 0 Å². The summed E-state index contributed by atoms with van der Waals surface area (Å²) in [5, 5.41) is 0. The third kappa shape index (κ3) is 52.1. The largest absolute Gasteiger partial charge is 0.462 e. The number of hydrogen-bond acceptors (Lipinski definition) is 6.